The van der Waals surface area contributed by atoms with E-state index >= 15 is 0 Å². The fraction of sp³-hybridized carbons (Fsp3) is 0.0645. The van der Waals surface area contributed by atoms with Gasteiger partial charge in [0, 0.05) is 39.3 Å². The second kappa shape index (κ2) is 13.8. The summed E-state index contributed by atoms with van der Waals surface area (Å²) in [7, 11) is 0. The van der Waals surface area contributed by atoms with Gasteiger partial charge in [0.15, 0.2) is 0 Å². The van der Waals surface area contributed by atoms with Crippen molar-refractivity contribution in [3.05, 3.63) is 264 Å². The molecule has 0 aliphatic heterocycles. The second-order valence-electron chi connectivity index (χ2n) is 18.0. The van der Waals surface area contributed by atoms with Crippen LogP contribution in [-0.4, -0.2) is 0 Å². The topological polar surface area (TPSA) is 6.48 Å². The average molecular weight is 817 g/mol. The third-order valence-corrected chi connectivity index (χ3v) is 14.4. The highest BCUT2D eigenvalue weighted by atomic mass is 15.2. The molecule has 0 N–H and O–H groups in total. The first-order valence-electron chi connectivity index (χ1n) is 22.4. The summed E-state index contributed by atoms with van der Waals surface area (Å²) in [5, 5.41) is 2.49. The highest BCUT2D eigenvalue weighted by molar-refractivity contribution is 6.11. The number of hydrogen-bond donors (Lipinski definition) is 0. The van der Waals surface area contributed by atoms with Gasteiger partial charge >= 0.3 is 0 Å². The SMILES string of the molecule is CC1(C)c2ccccc2-c2ccc(N(c3ccccc3)c3cc4ccccc4c4c3-c3ccccc3C43c4ccccc4-c4c(N(c5ccccc5)c5ccccc5)cccc43)cc21. The van der Waals surface area contributed by atoms with Gasteiger partial charge < -0.3 is 9.80 Å². The van der Waals surface area contributed by atoms with Crippen LogP contribution < -0.4 is 9.80 Å². The van der Waals surface area contributed by atoms with E-state index in [-0.39, 0.29) is 5.41 Å². The minimum Gasteiger partial charge on any atom is -0.310 e. The fourth-order valence-electron chi connectivity index (χ4n) is 11.8. The Labute approximate surface area is 375 Å². The van der Waals surface area contributed by atoms with Crippen molar-refractivity contribution in [2.24, 2.45) is 0 Å². The number of benzene rings is 10. The minimum absolute atomic E-state index is 0.144. The van der Waals surface area contributed by atoms with Crippen LogP contribution in [0, 0.1) is 0 Å². The van der Waals surface area contributed by atoms with Crippen LogP contribution in [0.3, 0.4) is 0 Å². The maximum Gasteiger partial charge on any atom is 0.0733 e. The molecule has 1 atom stereocenters. The molecule has 302 valence electrons. The quantitative estimate of drug-likeness (QED) is 0.165. The zero-order valence-corrected chi connectivity index (χ0v) is 35.8. The van der Waals surface area contributed by atoms with Gasteiger partial charge in [-0.2, -0.15) is 0 Å². The van der Waals surface area contributed by atoms with Crippen molar-refractivity contribution >= 4 is 44.9 Å². The number of fused-ring (bicyclic) bond motifs is 15. The summed E-state index contributed by atoms with van der Waals surface area (Å²) in [6, 6.07) is 85.8. The predicted molar refractivity (Wildman–Crippen MR) is 267 cm³/mol. The summed E-state index contributed by atoms with van der Waals surface area (Å²) in [4.78, 5) is 4.97. The first kappa shape index (κ1) is 36.7. The third-order valence-electron chi connectivity index (χ3n) is 14.4. The lowest BCUT2D eigenvalue weighted by Gasteiger charge is -2.34. The monoisotopic (exact) mass is 816 g/mol. The van der Waals surface area contributed by atoms with Crippen molar-refractivity contribution < 1.29 is 0 Å². The van der Waals surface area contributed by atoms with Crippen LogP contribution in [0.4, 0.5) is 34.1 Å². The molecule has 64 heavy (non-hydrogen) atoms. The normalized spacial score (nSPS) is 15.5. The van der Waals surface area contributed by atoms with Crippen LogP contribution in [-0.2, 0) is 10.8 Å². The molecule has 0 radical (unpaired) electrons. The minimum atomic E-state index is -0.605. The molecule has 0 bridgehead atoms. The summed E-state index contributed by atoms with van der Waals surface area (Å²) in [6.45, 7) is 4.75. The van der Waals surface area contributed by atoms with Crippen molar-refractivity contribution in [1.82, 2.24) is 0 Å². The molecule has 0 fully saturated rings. The van der Waals surface area contributed by atoms with Crippen molar-refractivity contribution in [3.8, 4) is 33.4 Å². The molecule has 10 aromatic rings. The zero-order chi connectivity index (χ0) is 42.6. The second-order valence-corrected chi connectivity index (χ2v) is 18.0. The first-order chi connectivity index (χ1) is 31.5. The van der Waals surface area contributed by atoms with E-state index in [2.05, 4.69) is 254 Å². The summed E-state index contributed by atoms with van der Waals surface area (Å²) in [5.41, 5.74) is 21.9. The molecule has 0 saturated carbocycles. The van der Waals surface area contributed by atoms with Gasteiger partial charge in [0.2, 0.25) is 0 Å². The summed E-state index contributed by atoms with van der Waals surface area (Å²) >= 11 is 0. The van der Waals surface area contributed by atoms with E-state index in [0.29, 0.717) is 0 Å². The molecule has 1 unspecified atom stereocenters. The highest BCUT2D eigenvalue weighted by Gasteiger charge is 2.54. The molecule has 0 heterocycles. The van der Waals surface area contributed by atoms with Gasteiger partial charge in [-0.15, -0.1) is 0 Å². The summed E-state index contributed by atoms with van der Waals surface area (Å²) < 4.78 is 0. The van der Waals surface area contributed by atoms with Crippen molar-refractivity contribution in [1.29, 1.82) is 0 Å². The highest BCUT2D eigenvalue weighted by Crippen LogP contribution is 2.68. The van der Waals surface area contributed by atoms with E-state index in [0.717, 1.165) is 22.7 Å². The van der Waals surface area contributed by atoms with Crippen LogP contribution >= 0.6 is 0 Å². The molecular weight excluding hydrogens is 773 g/mol. The average Bonchev–Trinajstić information content (AvgIpc) is 3.92. The maximum absolute atomic E-state index is 2.53. The van der Waals surface area contributed by atoms with E-state index in [1.54, 1.807) is 0 Å². The van der Waals surface area contributed by atoms with E-state index in [1.165, 1.54) is 88.9 Å². The number of anilines is 6. The van der Waals surface area contributed by atoms with Gasteiger partial charge in [0.05, 0.1) is 16.8 Å². The Morgan fingerprint density at radius 2 is 0.797 bits per heavy atom. The molecule has 0 aromatic heterocycles. The zero-order valence-electron chi connectivity index (χ0n) is 35.8. The van der Waals surface area contributed by atoms with Crippen LogP contribution in [0.25, 0.3) is 44.2 Å². The molecular formula is C62H44N2. The number of rotatable bonds is 6. The van der Waals surface area contributed by atoms with Crippen molar-refractivity contribution in [2.75, 3.05) is 9.80 Å². The van der Waals surface area contributed by atoms with Gasteiger partial charge in [0.1, 0.15) is 0 Å². The Hall–Kier alpha value is -7.94. The Kier molecular flexibility index (Phi) is 7.90. The Morgan fingerprint density at radius 1 is 0.312 bits per heavy atom. The molecule has 10 aromatic carbocycles. The fourth-order valence-corrected chi connectivity index (χ4v) is 11.8. The van der Waals surface area contributed by atoms with Crippen molar-refractivity contribution in [3.63, 3.8) is 0 Å². The molecule has 1 spiro atoms. The van der Waals surface area contributed by atoms with Crippen LogP contribution in [0.15, 0.2) is 231 Å². The maximum atomic E-state index is 2.53. The Balaban J connectivity index is 1.14. The molecule has 3 aliphatic rings. The van der Waals surface area contributed by atoms with Crippen molar-refractivity contribution in [2.45, 2.75) is 24.7 Å². The predicted octanol–water partition coefficient (Wildman–Crippen LogP) is 16.4. The molecule has 0 amide bonds. The first-order valence-corrected chi connectivity index (χ1v) is 22.4. The Bertz CT molecular complexity index is 3440. The lowest BCUT2D eigenvalue weighted by Crippen LogP contribution is -2.26. The molecule has 3 aliphatic carbocycles. The third kappa shape index (κ3) is 4.97. The number of para-hydroxylation sites is 3. The van der Waals surface area contributed by atoms with Gasteiger partial charge in [-0.05, 0) is 127 Å². The van der Waals surface area contributed by atoms with E-state index < -0.39 is 5.41 Å². The number of hydrogen-bond acceptors (Lipinski definition) is 2. The van der Waals surface area contributed by atoms with Gasteiger partial charge in [-0.3, -0.25) is 0 Å². The Morgan fingerprint density at radius 3 is 1.44 bits per heavy atom. The van der Waals surface area contributed by atoms with Crippen LogP contribution in [0.2, 0.25) is 0 Å². The lowest BCUT2D eigenvalue weighted by atomic mass is 9.69. The standard InChI is InChI=1S/C62H44N2/c1-61(2)51-32-17-14-29-47(51)48-38-37-45(40-55(48)61)64(44-26-10-5-11-27-44)57-39-41-21-12-13-28-46(41)60-59(57)50-31-16-19-34-53(50)62(60)52-33-18-15-30-49(52)58-54(62)35-20-36-56(58)63(42-22-6-3-7-23-42)43-24-8-4-9-25-43/h3-40H,1-2H3. The summed E-state index contributed by atoms with van der Waals surface area (Å²) in [5.74, 6) is 0. The lowest BCUT2D eigenvalue weighted by molar-refractivity contribution is 0.660. The van der Waals surface area contributed by atoms with Crippen LogP contribution in [0.1, 0.15) is 47.2 Å². The van der Waals surface area contributed by atoms with Gasteiger partial charge in [-0.25, -0.2) is 0 Å². The van der Waals surface area contributed by atoms with E-state index in [1.807, 2.05) is 0 Å². The largest absolute Gasteiger partial charge is 0.310 e. The number of nitrogens with zero attached hydrogens (tertiary/aromatic N) is 2. The van der Waals surface area contributed by atoms with E-state index in [9.17, 15) is 0 Å². The van der Waals surface area contributed by atoms with Crippen LogP contribution in [0.5, 0.6) is 0 Å². The molecule has 0 saturated heterocycles. The molecule has 2 heteroatoms. The van der Waals surface area contributed by atoms with Gasteiger partial charge in [-0.1, -0.05) is 184 Å². The van der Waals surface area contributed by atoms with Gasteiger partial charge in [0.25, 0.3) is 0 Å². The smallest absolute Gasteiger partial charge is 0.0733 e. The molecule has 2 nitrogen and oxygen atoms in total. The molecule has 13 rings (SSSR count). The van der Waals surface area contributed by atoms with E-state index in [4.69, 9.17) is 0 Å². The summed E-state index contributed by atoms with van der Waals surface area (Å²) in [6.07, 6.45) is 0.